The fourth-order valence-corrected chi connectivity index (χ4v) is 2.46. The Balaban J connectivity index is 2.33. The lowest BCUT2D eigenvalue weighted by Crippen LogP contribution is -2.26. The summed E-state index contributed by atoms with van der Waals surface area (Å²) in [4.78, 5) is 13.8. The molecule has 0 amide bonds. The summed E-state index contributed by atoms with van der Waals surface area (Å²) < 4.78 is 4.66. The molecule has 0 aliphatic rings. The van der Waals surface area contributed by atoms with Crippen LogP contribution in [0.5, 0.6) is 0 Å². The van der Waals surface area contributed by atoms with Crippen molar-refractivity contribution in [2.75, 3.05) is 13.7 Å². The molecule has 0 aromatic carbocycles. The number of carbonyl (C=O) groups is 1. The van der Waals surface area contributed by atoms with Gasteiger partial charge < -0.3 is 10.1 Å². The highest BCUT2D eigenvalue weighted by molar-refractivity contribution is 7.12. The molecule has 1 aromatic rings. The Morgan fingerprint density at radius 2 is 2.25 bits per heavy atom. The van der Waals surface area contributed by atoms with Crippen molar-refractivity contribution in [2.24, 2.45) is 5.92 Å². The van der Waals surface area contributed by atoms with Crippen LogP contribution < -0.4 is 5.32 Å². The van der Waals surface area contributed by atoms with Crippen molar-refractivity contribution in [2.45, 2.75) is 27.3 Å². The van der Waals surface area contributed by atoms with Gasteiger partial charge in [-0.05, 0) is 25.5 Å². The van der Waals surface area contributed by atoms with Gasteiger partial charge in [0, 0.05) is 22.8 Å². The van der Waals surface area contributed by atoms with E-state index in [2.05, 4.69) is 30.0 Å². The maximum atomic E-state index is 11.2. The number of ether oxygens (including phenoxy) is 1. The van der Waals surface area contributed by atoms with Crippen LogP contribution in [0.3, 0.4) is 0 Å². The van der Waals surface area contributed by atoms with E-state index in [9.17, 15) is 4.79 Å². The summed E-state index contributed by atoms with van der Waals surface area (Å²) in [5.41, 5.74) is 1.34. The van der Waals surface area contributed by atoms with E-state index in [1.807, 2.05) is 6.92 Å². The Labute approximate surface area is 101 Å². The molecule has 0 saturated heterocycles. The van der Waals surface area contributed by atoms with Gasteiger partial charge in [0.05, 0.1) is 13.0 Å². The summed E-state index contributed by atoms with van der Waals surface area (Å²) in [5, 5.41) is 3.27. The van der Waals surface area contributed by atoms with Crippen LogP contribution in [0.15, 0.2) is 6.07 Å². The number of nitrogens with one attached hydrogen (secondary N) is 1. The third-order valence-electron chi connectivity index (χ3n) is 2.57. The quantitative estimate of drug-likeness (QED) is 0.804. The van der Waals surface area contributed by atoms with Gasteiger partial charge in [-0.3, -0.25) is 4.79 Å². The molecule has 1 N–H and O–H groups in total. The molecule has 0 bridgehead atoms. The minimum atomic E-state index is -0.161. The zero-order valence-corrected chi connectivity index (χ0v) is 11.1. The SMILES string of the molecule is COC(=O)C(C)CNCc1cc(C)c(C)s1. The molecular formula is C12H19NO2S. The number of aryl methyl sites for hydroxylation is 2. The van der Waals surface area contributed by atoms with Gasteiger partial charge in [-0.25, -0.2) is 0 Å². The van der Waals surface area contributed by atoms with E-state index in [1.54, 1.807) is 11.3 Å². The number of thiophene rings is 1. The number of hydrogen-bond acceptors (Lipinski definition) is 4. The summed E-state index contributed by atoms with van der Waals surface area (Å²) in [6.07, 6.45) is 0. The van der Waals surface area contributed by atoms with Gasteiger partial charge in [-0.1, -0.05) is 6.92 Å². The van der Waals surface area contributed by atoms with Crippen LogP contribution >= 0.6 is 11.3 Å². The highest BCUT2D eigenvalue weighted by Crippen LogP contribution is 2.20. The van der Waals surface area contributed by atoms with E-state index in [4.69, 9.17) is 0 Å². The molecule has 1 atom stereocenters. The second-order valence-electron chi connectivity index (χ2n) is 4.01. The molecule has 0 fully saturated rings. The van der Waals surface area contributed by atoms with E-state index in [0.717, 1.165) is 6.54 Å². The van der Waals surface area contributed by atoms with Gasteiger partial charge in [-0.2, -0.15) is 0 Å². The third-order valence-corrected chi connectivity index (χ3v) is 3.72. The highest BCUT2D eigenvalue weighted by atomic mass is 32.1. The van der Waals surface area contributed by atoms with E-state index < -0.39 is 0 Å². The second kappa shape index (κ2) is 6.01. The normalized spacial score (nSPS) is 12.5. The summed E-state index contributed by atoms with van der Waals surface area (Å²) in [6.45, 7) is 7.58. The number of hydrogen-bond donors (Lipinski definition) is 1. The minimum Gasteiger partial charge on any atom is -0.469 e. The molecule has 1 unspecified atom stereocenters. The zero-order valence-electron chi connectivity index (χ0n) is 10.3. The minimum absolute atomic E-state index is 0.0906. The van der Waals surface area contributed by atoms with E-state index in [-0.39, 0.29) is 11.9 Å². The van der Waals surface area contributed by atoms with Crippen LogP contribution in [-0.2, 0) is 16.1 Å². The Kier molecular flexibility index (Phi) is 4.96. The first-order valence-electron chi connectivity index (χ1n) is 5.39. The monoisotopic (exact) mass is 241 g/mol. The summed E-state index contributed by atoms with van der Waals surface area (Å²) in [7, 11) is 1.42. The average Bonchev–Trinajstić information content (AvgIpc) is 2.57. The largest absolute Gasteiger partial charge is 0.469 e. The zero-order chi connectivity index (χ0) is 12.1. The molecule has 1 heterocycles. The molecule has 4 heteroatoms. The molecule has 1 aromatic heterocycles. The van der Waals surface area contributed by atoms with Crippen molar-refractivity contribution in [1.29, 1.82) is 0 Å². The van der Waals surface area contributed by atoms with Crippen molar-refractivity contribution in [3.05, 3.63) is 21.4 Å². The molecule has 0 spiro atoms. The lowest BCUT2D eigenvalue weighted by Gasteiger charge is -2.09. The van der Waals surface area contributed by atoms with Gasteiger partial charge >= 0.3 is 5.97 Å². The Hall–Kier alpha value is -0.870. The molecule has 16 heavy (non-hydrogen) atoms. The van der Waals surface area contributed by atoms with Crippen molar-refractivity contribution in [1.82, 2.24) is 5.32 Å². The average molecular weight is 241 g/mol. The topological polar surface area (TPSA) is 38.3 Å². The van der Waals surface area contributed by atoms with Gasteiger partial charge in [-0.15, -0.1) is 11.3 Å². The predicted molar refractivity (Wildman–Crippen MR) is 66.7 cm³/mol. The maximum absolute atomic E-state index is 11.2. The van der Waals surface area contributed by atoms with E-state index in [0.29, 0.717) is 6.54 Å². The lowest BCUT2D eigenvalue weighted by atomic mass is 10.2. The molecule has 3 nitrogen and oxygen atoms in total. The number of methoxy groups -OCH3 is 1. The van der Waals surface area contributed by atoms with Crippen LogP contribution in [0, 0.1) is 19.8 Å². The van der Waals surface area contributed by atoms with Crippen molar-refractivity contribution in [3.8, 4) is 0 Å². The number of carbonyl (C=O) groups excluding carboxylic acids is 1. The summed E-state index contributed by atoms with van der Waals surface area (Å²) in [5.74, 6) is -0.252. The fraction of sp³-hybridized carbons (Fsp3) is 0.583. The standard InChI is InChI=1S/C12H19NO2S/c1-8-5-11(16-10(8)3)7-13-6-9(2)12(14)15-4/h5,9,13H,6-7H2,1-4H3. The highest BCUT2D eigenvalue weighted by Gasteiger charge is 2.12. The van der Waals surface area contributed by atoms with Crippen LogP contribution in [0.2, 0.25) is 0 Å². The molecule has 0 aliphatic heterocycles. The van der Waals surface area contributed by atoms with Gasteiger partial charge in [0.2, 0.25) is 0 Å². The molecule has 1 rings (SSSR count). The van der Waals surface area contributed by atoms with Crippen molar-refractivity contribution >= 4 is 17.3 Å². The van der Waals surface area contributed by atoms with Crippen LogP contribution in [0.1, 0.15) is 22.2 Å². The van der Waals surface area contributed by atoms with Gasteiger partial charge in [0.25, 0.3) is 0 Å². The first-order chi connectivity index (χ1) is 7.54. The molecule has 0 aliphatic carbocycles. The fourth-order valence-electron chi connectivity index (χ4n) is 1.43. The molecule has 0 saturated carbocycles. The molecular weight excluding hydrogens is 222 g/mol. The predicted octanol–water partition coefficient (Wildman–Crippen LogP) is 2.26. The van der Waals surface area contributed by atoms with Crippen LogP contribution in [0.4, 0.5) is 0 Å². The first kappa shape index (κ1) is 13.2. The van der Waals surface area contributed by atoms with Crippen molar-refractivity contribution < 1.29 is 9.53 Å². The third kappa shape index (κ3) is 3.61. The van der Waals surface area contributed by atoms with E-state index in [1.165, 1.54) is 22.4 Å². The van der Waals surface area contributed by atoms with Crippen LogP contribution in [0.25, 0.3) is 0 Å². The van der Waals surface area contributed by atoms with Crippen molar-refractivity contribution in [3.63, 3.8) is 0 Å². The smallest absolute Gasteiger partial charge is 0.309 e. The molecule has 0 radical (unpaired) electrons. The Bertz CT molecular complexity index is 340. The maximum Gasteiger partial charge on any atom is 0.309 e. The Morgan fingerprint density at radius 3 is 2.75 bits per heavy atom. The first-order valence-corrected chi connectivity index (χ1v) is 6.20. The van der Waals surface area contributed by atoms with Gasteiger partial charge in [0.1, 0.15) is 0 Å². The lowest BCUT2D eigenvalue weighted by molar-refractivity contribution is -0.144. The Morgan fingerprint density at radius 1 is 1.56 bits per heavy atom. The summed E-state index contributed by atoms with van der Waals surface area (Å²) in [6, 6.07) is 2.19. The van der Waals surface area contributed by atoms with Gasteiger partial charge in [0.15, 0.2) is 0 Å². The summed E-state index contributed by atoms with van der Waals surface area (Å²) >= 11 is 1.80. The van der Waals surface area contributed by atoms with E-state index >= 15 is 0 Å². The van der Waals surface area contributed by atoms with Crippen LogP contribution in [-0.4, -0.2) is 19.6 Å². The number of esters is 1. The number of rotatable bonds is 5. The molecule has 90 valence electrons. The second-order valence-corrected chi connectivity index (χ2v) is 5.35.